The molecule has 0 aliphatic carbocycles. The number of hydrogen-bond acceptors (Lipinski definition) is 4. The minimum absolute atomic E-state index is 0.276. The standard InChI is InChI=1S/C18H14F3N5O/c1-12-5-7-15(10-16(12)26-11-22-24-25-26)23-17(27)8-6-13-3-2-4-14(9-13)18(19,20)21/h2-11H,1H3,(H,23,27)/b8-6+. The Morgan fingerprint density at radius 3 is 2.70 bits per heavy atom. The van der Waals surface area contributed by atoms with E-state index in [1.165, 1.54) is 35.3 Å². The van der Waals surface area contributed by atoms with Gasteiger partial charge in [-0.1, -0.05) is 18.2 Å². The van der Waals surface area contributed by atoms with Gasteiger partial charge in [-0.2, -0.15) is 13.2 Å². The highest BCUT2D eigenvalue weighted by Gasteiger charge is 2.30. The van der Waals surface area contributed by atoms with Crippen molar-refractivity contribution in [1.29, 1.82) is 0 Å². The summed E-state index contributed by atoms with van der Waals surface area (Å²) in [6.45, 7) is 1.87. The highest BCUT2D eigenvalue weighted by Crippen LogP contribution is 2.29. The van der Waals surface area contributed by atoms with Gasteiger partial charge in [-0.25, -0.2) is 4.68 Å². The van der Waals surface area contributed by atoms with E-state index in [0.717, 1.165) is 17.7 Å². The Hall–Kier alpha value is -3.49. The second-order valence-electron chi connectivity index (χ2n) is 5.70. The number of hydrogen-bond donors (Lipinski definition) is 1. The number of aromatic nitrogens is 4. The largest absolute Gasteiger partial charge is 0.416 e. The number of carbonyl (C=O) groups is 1. The summed E-state index contributed by atoms with van der Waals surface area (Å²) in [6, 6.07) is 9.93. The molecular formula is C18H14F3N5O. The van der Waals surface area contributed by atoms with Gasteiger partial charge in [0.05, 0.1) is 11.3 Å². The number of anilines is 1. The Balaban J connectivity index is 1.73. The number of nitrogens with zero attached hydrogens (tertiary/aromatic N) is 4. The van der Waals surface area contributed by atoms with Crippen molar-refractivity contribution >= 4 is 17.7 Å². The summed E-state index contributed by atoms with van der Waals surface area (Å²) in [7, 11) is 0. The molecule has 1 amide bonds. The molecule has 0 bridgehead atoms. The SMILES string of the molecule is Cc1ccc(NC(=O)/C=C/c2cccc(C(F)(F)F)c2)cc1-n1cnnn1. The third-order valence-electron chi connectivity index (χ3n) is 3.71. The maximum absolute atomic E-state index is 12.7. The molecule has 9 heteroatoms. The fraction of sp³-hybridized carbons (Fsp3) is 0.111. The van der Waals surface area contributed by atoms with Crippen LogP contribution in [0.4, 0.5) is 18.9 Å². The molecule has 6 nitrogen and oxygen atoms in total. The number of benzene rings is 2. The average Bonchev–Trinajstić information content (AvgIpc) is 3.15. The van der Waals surface area contributed by atoms with Gasteiger partial charge < -0.3 is 5.32 Å². The number of tetrazole rings is 1. The van der Waals surface area contributed by atoms with Crippen molar-refractivity contribution in [3.05, 3.63) is 71.6 Å². The van der Waals surface area contributed by atoms with E-state index in [-0.39, 0.29) is 5.56 Å². The van der Waals surface area contributed by atoms with Crippen LogP contribution in [0.25, 0.3) is 11.8 Å². The molecule has 27 heavy (non-hydrogen) atoms. The van der Waals surface area contributed by atoms with Crippen molar-refractivity contribution in [2.45, 2.75) is 13.1 Å². The van der Waals surface area contributed by atoms with Gasteiger partial charge in [0, 0.05) is 11.8 Å². The first-order valence-electron chi connectivity index (χ1n) is 7.83. The lowest BCUT2D eigenvalue weighted by Crippen LogP contribution is -2.09. The van der Waals surface area contributed by atoms with Crippen molar-refractivity contribution in [2.24, 2.45) is 0 Å². The molecular weight excluding hydrogens is 359 g/mol. The summed E-state index contributed by atoms with van der Waals surface area (Å²) in [6.07, 6.45) is -0.505. The van der Waals surface area contributed by atoms with Crippen molar-refractivity contribution in [3.8, 4) is 5.69 Å². The lowest BCUT2D eigenvalue weighted by atomic mass is 10.1. The van der Waals surface area contributed by atoms with E-state index in [1.807, 2.05) is 6.92 Å². The van der Waals surface area contributed by atoms with E-state index in [0.29, 0.717) is 11.4 Å². The first kappa shape index (κ1) is 18.3. The molecule has 138 valence electrons. The van der Waals surface area contributed by atoms with Gasteiger partial charge in [0.1, 0.15) is 6.33 Å². The number of rotatable bonds is 4. The predicted molar refractivity (Wildman–Crippen MR) is 93.0 cm³/mol. The van der Waals surface area contributed by atoms with Gasteiger partial charge in [0.2, 0.25) is 5.91 Å². The van der Waals surface area contributed by atoms with Crippen molar-refractivity contribution in [3.63, 3.8) is 0 Å². The summed E-state index contributed by atoms with van der Waals surface area (Å²) in [4.78, 5) is 12.1. The van der Waals surface area contributed by atoms with Crippen LogP contribution in [0.5, 0.6) is 0 Å². The Bertz CT molecular complexity index is 981. The first-order valence-corrected chi connectivity index (χ1v) is 7.83. The number of carbonyl (C=O) groups excluding carboxylic acids is 1. The van der Waals surface area contributed by atoms with Crippen LogP contribution in [0.1, 0.15) is 16.7 Å². The molecule has 1 N–H and O–H groups in total. The van der Waals surface area contributed by atoms with E-state index in [9.17, 15) is 18.0 Å². The minimum atomic E-state index is -4.43. The van der Waals surface area contributed by atoms with Crippen molar-refractivity contribution < 1.29 is 18.0 Å². The molecule has 0 aliphatic heterocycles. The van der Waals surface area contributed by atoms with Gasteiger partial charge >= 0.3 is 6.18 Å². The van der Waals surface area contributed by atoms with Crippen LogP contribution < -0.4 is 5.32 Å². The molecule has 0 aliphatic rings. The highest BCUT2D eigenvalue weighted by atomic mass is 19.4. The second-order valence-corrected chi connectivity index (χ2v) is 5.70. The molecule has 1 aromatic heterocycles. The third kappa shape index (κ3) is 4.57. The molecule has 0 saturated heterocycles. The van der Waals surface area contributed by atoms with Crippen LogP contribution in [0, 0.1) is 6.92 Å². The molecule has 0 atom stereocenters. The molecule has 3 rings (SSSR count). The lowest BCUT2D eigenvalue weighted by Gasteiger charge is -2.08. The van der Waals surface area contributed by atoms with Crippen LogP contribution >= 0.6 is 0 Å². The number of halogens is 3. The molecule has 0 spiro atoms. The quantitative estimate of drug-likeness (QED) is 0.709. The Morgan fingerprint density at radius 1 is 1.19 bits per heavy atom. The summed E-state index contributed by atoms with van der Waals surface area (Å²) in [5.74, 6) is -0.473. The smallest absolute Gasteiger partial charge is 0.322 e. The van der Waals surface area contributed by atoms with Crippen molar-refractivity contribution in [1.82, 2.24) is 20.2 Å². The zero-order valence-corrected chi connectivity index (χ0v) is 14.1. The van der Waals surface area contributed by atoms with Crippen LogP contribution in [-0.4, -0.2) is 26.1 Å². The average molecular weight is 373 g/mol. The van der Waals surface area contributed by atoms with E-state index in [1.54, 1.807) is 18.2 Å². The molecule has 3 aromatic rings. The van der Waals surface area contributed by atoms with Crippen LogP contribution in [0.3, 0.4) is 0 Å². The molecule has 0 radical (unpaired) electrons. The highest BCUT2D eigenvalue weighted by molar-refractivity contribution is 6.02. The maximum Gasteiger partial charge on any atom is 0.416 e. The summed E-state index contributed by atoms with van der Waals surface area (Å²) >= 11 is 0. The fourth-order valence-electron chi connectivity index (χ4n) is 2.38. The number of aryl methyl sites for hydroxylation is 1. The lowest BCUT2D eigenvalue weighted by molar-refractivity contribution is -0.137. The summed E-state index contributed by atoms with van der Waals surface area (Å²) in [5, 5.41) is 13.6. The topological polar surface area (TPSA) is 72.7 Å². The zero-order chi connectivity index (χ0) is 19.4. The molecule has 0 saturated carbocycles. The molecule has 2 aromatic carbocycles. The van der Waals surface area contributed by atoms with Gasteiger partial charge in [-0.15, -0.1) is 5.10 Å². The Labute approximate surface area is 152 Å². The summed E-state index contributed by atoms with van der Waals surface area (Å²) in [5.41, 5.74) is 1.61. The van der Waals surface area contributed by atoms with Crippen molar-refractivity contribution in [2.75, 3.05) is 5.32 Å². The first-order chi connectivity index (χ1) is 12.8. The van der Waals surface area contributed by atoms with E-state index >= 15 is 0 Å². The predicted octanol–water partition coefficient (Wildman–Crippen LogP) is 3.64. The molecule has 0 unspecified atom stereocenters. The van der Waals surface area contributed by atoms with Crippen LogP contribution in [-0.2, 0) is 11.0 Å². The van der Waals surface area contributed by atoms with E-state index in [4.69, 9.17) is 0 Å². The number of nitrogens with one attached hydrogen (secondary N) is 1. The van der Waals surface area contributed by atoms with Gasteiger partial charge in [0.15, 0.2) is 0 Å². The normalized spacial score (nSPS) is 11.7. The Morgan fingerprint density at radius 2 is 2.00 bits per heavy atom. The molecule has 0 fully saturated rings. The third-order valence-corrected chi connectivity index (χ3v) is 3.71. The van der Waals surface area contributed by atoms with Gasteiger partial charge in [-0.05, 0) is 58.8 Å². The number of amides is 1. The molecule has 1 heterocycles. The van der Waals surface area contributed by atoms with E-state index in [2.05, 4.69) is 20.8 Å². The Kier molecular flexibility index (Phi) is 5.02. The van der Waals surface area contributed by atoms with Crippen LogP contribution in [0.2, 0.25) is 0 Å². The minimum Gasteiger partial charge on any atom is -0.322 e. The van der Waals surface area contributed by atoms with E-state index < -0.39 is 17.6 Å². The second kappa shape index (κ2) is 7.40. The number of alkyl halides is 3. The summed E-state index contributed by atoms with van der Waals surface area (Å²) < 4.78 is 39.6. The van der Waals surface area contributed by atoms with Crippen LogP contribution in [0.15, 0.2) is 54.9 Å². The van der Waals surface area contributed by atoms with Gasteiger partial charge in [0.25, 0.3) is 0 Å². The fourth-order valence-corrected chi connectivity index (χ4v) is 2.38. The monoisotopic (exact) mass is 373 g/mol. The van der Waals surface area contributed by atoms with Gasteiger partial charge in [-0.3, -0.25) is 4.79 Å². The maximum atomic E-state index is 12.7. The zero-order valence-electron chi connectivity index (χ0n) is 14.1.